The fourth-order valence-corrected chi connectivity index (χ4v) is 3.89. The number of halogens is 1. The lowest BCUT2D eigenvalue weighted by Crippen LogP contribution is -2.22. The van der Waals surface area contributed by atoms with Gasteiger partial charge in [-0.1, -0.05) is 20.8 Å². The van der Waals surface area contributed by atoms with Crippen LogP contribution >= 0.6 is 10.7 Å². The molecule has 0 aromatic carbocycles. The van der Waals surface area contributed by atoms with E-state index in [0.717, 1.165) is 0 Å². The number of nitrogens with zero attached hydrogens (tertiary/aromatic N) is 3. The van der Waals surface area contributed by atoms with Gasteiger partial charge in [0, 0.05) is 17.2 Å². The highest BCUT2D eigenvalue weighted by molar-refractivity contribution is 8.13. The molecule has 0 N–H and O–H groups in total. The van der Waals surface area contributed by atoms with Crippen molar-refractivity contribution >= 4 is 19.7 Å². The summed E-state index contributed by atoms with van der Waals surface area (Å²) in [6, 6.07) is 0. The standard InChI is InChI=1S/C13H22ClN3O3S/c1-7(2)6-17-12(15-16-13(17)21(14,18)19)11-8(3)9(4)20-10(11)5/h7-11H,6H2,1-5H3. The van der Waals surface area contributed by atoms with E-state index in [2.05, 4.69) is 17.1 Å². The van der Waals surface area contributed by atoms with Gasteiger partial charge >= 0.3 is 0 Å². The quantitative estimate of drug-likeness (QED) is 0.790. The Morgan fingerprint density at radius 1 is 1.24 bits per heavy atom. The molecule has 21 heavy (non-hydrogen) atoms. The number of hydrogen-bond donors (Lipinski definition) is 0. The number of ether oxygens (including phenoxy) is 1. The van der Waals surface area contributed by atoms with E-state index >= 15 is 0 Å². The monoisotopic (exact) mass is 335 g/mol. The first-order valence-electron chi connectivity index (χ1n) is 7.16. The molecule has 1 aliphatic heterocycles. The van der Waals surface area contributed by atoms with Gasteiger partial charge in [-0.05, 0) is 25.7 Å². The Hall–Kier alpha value is -0.660. The van der Waals surface area contributed by atoms with Gasteiger partial charge in [0.25, 0.3) is 14.2 Å². The van der Waals surface area contributed by atoms with Crippen LogP contribution < -0.4 is 0 Å². The summed E-state index contributed by atoms with van der Waals surface area (Å²) in [5, 5.41) is 7.76. The minimum Gasteiger partial charge on any atom is -0.374 e. The van der Waals surface area contributed by atoms with Crippen molar-refractivity contribution in [3.63, 3.8) is 0 Å². The normalized spacial score (nSPS) is 30.2. The van der Waals surface area contributed by atoms with Crippen LogP contribution in [0.25, 0.3) is 0 Å². The zero-order valence-corrected chi connectivity index (χ0v) is 14.5. The lowest BCUT2D eigenvalue weighted by molar-refractivity contribution is 0.0551. The first-order chi connectivity index (χ1) is 9.62. The third kappa shape index (κ3) is 3.24. The number of hydrogen-bond acceptors (Lipinski definition) is 5. The number of aromatic nitrogens is 3. The molecule has 0 aliphatic carbocycles. The van der Waals surface area contributed by atoms with E-state index in [1.807, 2.05) is 27.7 Å². The highest BCUT2D eigenvalue weighted by Gasteiger charge is 2.42. The Labute approximate surface area is 130 Å². The highest BCUT2D eigenvalue weighted by Crippen LogP contribution is 2.39. The molecule has 6 nitrogen and oxygen atoms in total. The Morgan fingerprint density at radius 3 is 2.29 bits per heavy atom. The molecular weight excluding hydrogens is 314 g/mol. The second-order valence-corrected chi connectivity index (χ2v) is 8.67. The lowest BCUT2D eigenvalue weighted by atomic mass is 9.89. The molecule has 120 valence electrons. The SMILES string of the molecule is CC(C)Cn1c(C2C(C)OC(C)C2C)nnc1S(=O)(=O)Cl. The van der Waals surface area contributed by atoms with Gasteiger partial charge in [-0.2, -0.15) is 0 Å². The molecule has 1 aliphatic rings. The molecule has 4 atom stereocenters. The summed E-state index contributed by atoms with van der Waals surface area (Å²) in [5.74, 6) is 1.15. The first-order valence-corrected chi connectivity index (χ1v) is 9.47. The van der Waals surface area contributed by atoms with Gasteiger partial charge in [0.1, 0.15) is 5.82 Å². The van der Waals surface area contributed by atoms with E-state index in [1.54, 1.807) is 4.57 Å². The van der Waals surface area contributed by atoms with Crippen molar-refractivity contribution in [3.8, 4) is 0 Å². The molecular formula is C13H22ClN3O3S. The molecule has 0 spiro atoms. The van der Waals surface area contributed by atoms with Crippen molar-refractivity contribution in [2.45, 2.75) is 64.4 Å². The number of rotatable bonds is 4. The minimum absolute atomic E-state index is 0.0124. The van der Waals surface area contributed by atoms with Gasteiger partial charge in [0.2, 0.25) is 0 Å². The van der Waals surface area contributed by atoms with Crippen LogP contribution in [0.3, 0.4) is 0 Å². The molecule has 8 heteroatoms. The maximum atomic E-state index is 11.7. The summed E-state index contributed by atoms with van der Waals surface area (Å²) in [7, 11) is 1.57. The Balaban J connectivity index is 2.52. The summed E-state index contributed by atoms with van der Waals surface area (Å²) >= 11 is 0. The third-order valence-electron chi connectivity index (χ3n) is 4.05. The second kappa shape index (κ2) is 5.85. The Kier molecular flexibility index (Phi) is 4.66. The maximum absolute atomic E-state index is 11.7. The van der Waals surface area contributed by atoms with E-state index in [1.165, 1.54) is 0 Å². The molecule has 1 aromatic heterocycles. The molecule has 0 saturated carbocycles. The average molecular weight is 336 g/mol. The molecule has 1 fully saturated rings. The minimum atomic E-state index is -3.92. The van der Waals surface area contributed by atoms with Crippen molar-refractivity contribution in [3.05, 3.63) is 5.82 Å². The molecule has 1 aromatic rings. The molecule has 0 radical (unpaired) electrons. The summed E-state index contributed by atoms with van der Waals surface area (Å²) < 4.78 is 30.9. The summed E-state index contributed by atoms with van der Waals surface area (Å²) in [6.07, 6.45) is 0.0706. The molecule has 2 heterocycles. The molecule has 2 rings (SSSR count). The van der Waals surface area contributed by atoms with E-state index < -0.39 is 9.05 Å². The maximum Gasteiger partial charge on any atom is 0.296 e. The van der Waals surface area contributed by atoms with Gasteiger partial charge < -0.3 is 9.30 Å². The van der Waals surface area contributed by atoms with Gasteiger partial charge in [-0.3, -0.25) is 0 Å². The molecule has 0 amide bonds. The van der Waals surface area contributed by atoms with Crippen LogP contribution in [0.4, 0.5) is 0 Å². The van der Waals surface area contributed by atoms with Crippen LogP contribution in [-0.2, 0) is 20.3 Å². The van der Waals surface area contributed by atoms with E-state index in [0.29, 0.717) is 12.4 Å². The second-order valence-electron chi connectivity index (χ2n) is 6.21. The van der Waals surface area contributed by atoms with Crippen molar-refractivity contribution in [2.75, 3.05) is 0 Å². The zero-order chi connectivity index (χ0) is 15.9. The molecule has 4 unspecified atom stereocenters. The van der Waals surface area contributed by atoms with Crippen LogP contribution in [0.1, 0.15) is 46.4 Å². The largest absolute Gasteiger partial charge is 0.374 e. The van der Waals surface area contributed by atoms with E-state index in [4.69, 9.17) is 15.4 Å². The Morgan fingerprint density at radius 2 is 1.86 bits per heavy atom. The first kappa shape index (κ1) is 16.7. The molecule has 0 bridgehead atoms. The van der Waals surface area contributed by atoms with Crippen LogP contribution in [0, 0.1) is 11.8 Å². The van der Waals surface area contributed by atoms with Crippen LogP contribution in [0.5, 0.6) is 0 Å². The average Bonchev–Trinajstić information content (AvgIpc) is 2.81. The predicted octanol–water partition coefficient (Wildman–Crippen LogP) is 2.39. The van der Waals surface area contributed by atoms with Crippen LogP contribution in [-0.4, -0.2) is 35.4 Å². The van der Waals surface area contributed by atoms with Gasteiger partial charge in [-0.25, -0.2) is 8.42 Å². The van der Waals surface area contributed by atoms with Crippen LogP contribution in [0.15, 0.2) is 5.16 Å². The lowest BCUT2D eigenvalue weighted by Gasteiger charge is -2.20. The topological polar surface area (TPSA) is 74.1 Å². The highest BCUT2D eigenvalue weighted by atomic mass is 35.7. The summed E-state index contributed by atoms with van der Waals surface area (Å²) in [6.45, 7) is 10.6. The zero-order valence-electron chi connectivity index (χ0n) is 12.9. The third-order valence-corrected chi connectivity index (χ3v) is 5.20. The smallest absolute Gasteiger partial charge is 0.296 e. The van der Waals surface area contributed by atoms with Gasteiger partial charge in [0.05, 0.1) is 18.1 Å². The Bertz CT molecular complexity index is 614. The summed E-state index contributed by atoms with van der Waals surface area (Å²) in [5.41, 5.74) is 0. The van der Waals surface area contributed by atoms with Crippen LogP contribution in [0.2, 0.25) is 0 Å². The van der Waals surface area contributed by atoms with Gasteiger partial charge in [-0.15, -0.1) is 10.2 Å². The fourth-order valence-electron chi connectivity index (χ4n) is 2.98. The van der Waals surface area contributed by atoms with Gasteiger partial charge in [0.15, 0.2) is 0 Å². The van der Waals surface area contributed by atoms with E-state index in [-0.39, 0.29) is 35.1 Å². The molecule has 1 saturated heterocycles. The van der Waals surface area contributed by atoms with E-state index in [9.17, 15) is 8.42 Å². The predicted molar refractivity (Wildman–Crippen MR) is 79.8 cm³/mol. The van der Waals surface area contributed by atoms with Crippen molar-refractivity contribution in [2.24, 2.45) is 11.8 Å². The van der Waals surface area contributed by atoms with Crippen molar-refractivity contribution < 1.29 is 13.2 Å². The van der Waals surface area contributed by atoms with Crippen molar-refractivity contribution in [1.29, 1.82) is 0 Å². The van der Waals surface area contributed by atoms with Crippen molar-refractivity contribution in [1.82, 2.24) is 14.8 Å². The summed E-state index contributed by atoms with van der Waals surface area (Å²) in [4.78, 5) is 0. The fraction of sp³-hybridized carbons (Fsp3) is 0.846.